The van der Waals surface area contributed by atoms with Crippen LogP contribution in [0.4, 0.5) is 0 Å². The minimum Gasteiger partial charge on any atom is -0.199 e. The molecule has 0 aliphatic rings. The van der Waals surface area contributed by atoms with E-state index in [2.05, 4.69) is 91.0 Å². The standard InChI is InChI=1S/C18H15P.3C2H3N.Pd/c1-4-10-16(11-5-1)19(17-12-6-2-7-13-17)18-14-8-3-9-15-18;3*1-2-3;/h1-15H;3*1H3;. The first-order valence-electron chi connectivity index (χ1n) is 8.57. The van der Waals surface area contributed by atoms with Gasteiger partial charge < -0.3 is 0 Å². The fourth-order valence-corrected chi connectivity index (χ4v) is 4.48. The van der Waals surface area contributed by atoms with Crippen LogP contribution in [0.3, 0.4) is 0 Å². The van der Waals surface area contributed by atoms with Crippen molar-refractivity contribution in [1.82, 2.24) is 0 Å². The molecule has 0 amide bonds. The summed E-state index contributed by atoms with van der Waals surface area (Å²) in [5, 5.41) is 26.2. The van der Waals surface area contributed by atoms with Gasteiger partial charge in [0.15, 0.2) is 0 Å². The number of nitriles is 3. The van der Waals surface area contributed by atoms with Crippen LogP contribution in [0.5, 0.6) is 0 Å². The first-order chi connectivity index (χ1) is 13.7. The zero-order chi connectivity index (χ0) is 21.0. The smallest absolute Gasteiger partial charge is 0.0587 e. The predicted octanol–water partition coefficient (Wildman–Crippen LogP) is 5.03. The zero-order valence-corrected chi connectivity index (χ0v) is 19.2. The van der Waals surface area contributed by atoms with Crippen molar-refractivity contribution in [2.45, 2.75) is 20.8 Å². The quantitative estimate of drug-likeness (QED) is 0.381. The maximum atomic E-state index is 7.32. The molecular formula is C24H24N3PPd. The van der Waals surface area contributed by atoms with Crippen molar-refractivity contribution in [3.05, 3.63) is 91.0 Å². The first-order valence-corrected chi connectivity index (χ1v) is 9.92. The van der Waals surface area contributed by atoms with Gasteiger partial charge in [0.2, 0.25) is 0 Å². The Bertz CT molecular complexity index is 758. The molecule has 0 aliphatic heterocycles. The maximum absolute atomic E-state index is 7.32. The van der Waals surface area contributed by atoms with Crippen molar-refractivity contribution in [1.29, 1.82) is 15.8 Å². The van der Waals surface area contributed by atoms with Crippen molar-refractivity contribution < 1.29 is 20.4 Å². The Morgan fingerprint density at radius 2 is 0.655 bits per heavy atom. The Morgan fingerprint density at radius 3 is 0.828 bits per heavy atom. The Labute approximate surface area is 189 Å². The van der Waals surface area contributed by atoms with Crippen LogP contribution >= 0.6 is 7.92 Å². The summed E-state index contributed by atoms with van der Waals surface area (Å²) in [6.07, 6.45) is 0. The number of hydrogen-bond donors (Lipinski definition) is 0. The van der Waals surface area contributed by atoms with Crippen LogP contribution in [-0.2, 0) is 20.4 Å². The van der Waals surface area contributed by atoms with Crippen LogP contribution in [0.1, 0.15) is 20.8 Å². The van der Waals surface area contributed by atoms with E-state index in [0.29, 0.717) is 0 Å². The summed E-state index contributed by atoms with van der Waals surface area (Å²) >= 11 is 0. The molecule has 0 heterocycles. The third-order valence-corrected chi connectivity index (χ3v) is 5.49. The summed E-state index contributed by atoms with van der Waals surface area (Å²) in [6.45, 7) is 4.29. The molecule has 0 atom stereocenters. The predicted molar refractivity (Wildman–Crippen MR) is 119 cm³/mol. The molecule has 0 bridgehead atoms. The summed E-state index contributed by atoms with van der Waals surface area (Å²) in [5.41, 5.74) is 0. The van der Waals surface area contributed by atoms with Gasteiger partial charge in [0.05, 0.1) is 18.2 Å². The molecular weight excluding hydrogens is 468 g/mol. The first kappa shape index (κ1) is 28.4. The van der Waals surface area contributed by atoms with E-state index in [1.807, 2.05) is 0 Å². The fourth-order valence-electron chi connectivity index (χ4n) is 2.18. The van der Waals surface area contributed by atoms with Gasteiger partial charge in [0.1, 0.15) is 0 Å². The van der Waals surface area contributed by atoms with E-state index in [1.54, 1.807) is 18.2 Å². The van der Waals surface area contributed by atoms with Gasteiger partial charge >= 0.3 is 0 Å². The topological polar surface area (TPSA) is 71.4 Å². The maximum Gasteiger partial charge on any atom is 0.0587 e. The minimum atomic E-state index is -0.446. The Morgan fingerprint density at radius 1 is 0.483 bits per heavy atom. The van der Waals surface area contributed by atoms with E-state index in [9.17, 15) is 0 Å². The van der Waals surface area contributed by atoms with Gasteiger partial charge in [-0.1, -0.05) is 91.0 Å². The van der Waals surface area contributed by atoms with E-state index >= 15 is 0 Å². The molecule has 0 saturated carbocycles. The molecule has 3 nitrogen and oxygen atoms in total. The van der Waals surface area contributed by atoms with Crippen molar-refractivity contribution in [3.8, 4) is 18.2 Å². The van der Waals surface area contributed by atoms with Gasteiger partial charge in [-0.2, -0.15) is 15.8 Å². The summed E-state index contributed by atoms with van der Waals surface area (Å²) in [7, 11) is -0.446. The molecule has 3 aromatic rings. The largest absolute Gasteiger partial charge is 0.199 e. The molecule has 0 aliphatic carbocycles. The molecule has 0 unspecified atom stereocenters. The number of hydrogen-bond acceptors (Lipinski definition) is 3. The minimum absolute atomic E-state index is 0. The van der Waals surface area contributed by atoms with Crippen LogP contribution in [0, 0.1) is 34.0 Å². The Kier molecular flexibility index (Phi) is 19.6. The monoisotopic (exact) mass is 491 g/mol. The normalized spacial score (nSPS) is 7.76. The molecule has 3 aromatic carbocycles. The van der Waals surface area contributed by atoms with Crippen LogP contribution in [0.15, 0.2) is 91.0 Å². The zero-order valence-electron chi connectivity index (χ0n) is 16.8. The number of rotatable bonds is 3. The third-order valence-electron chi connectivity index (χ3n) is 3.04. The summed E-state index contributed by atoms with van der Waals surface area (Å²) < 4.78 is 0. The Balaban J connectivity index is 0. The SMILES string of the molecule is CC#N.CC#N.CC#N.[Pd].c1ccc(P(c2ccccc2)c2ccccc2)cc1. The van der Waals surface area contributed by atoms with E-state index in [1.165, 1.54) is 36.7 Å². The molecule has 29 heavy (non-hydrogen) atoms. The van der Waals surface area contributed by atoms with Gasteiger partial charge in [-0.15, -0.1) is 0 Å². The molecule has 0 radical (unpaired) electrons. The number of nitrogens with zero attached hydrogens (tertiary/aromatic N) is 3. The second-order valence-corrected chi connectivity index (χ2v) is 7.23. The molecule has 5 heteroatoms. The van der Waals surface area contributed by atoms with Crippen molar-refractivity contribution in [3.63, 3.8) is 0 Å². The molecule has 3 rings (SSSR count). The van der Waals surface area contributed by atoms with Gasteiger partial charge in [-0.05, 0) is 23.8 Å². The average Bonchev–Trinajstić information content (AvgIpc) is 2.73. The summed E-state index contributed by atoms with van der Waals surface area (Å²) in [5.74, 6) is 0. The number of benzene rings is 3. The second kappa shape index (κ2) is 20.0. The van der Waals surface area contributed by atoms with E-state index in [-0.39, 0.29) is 20.4 Å². The van der Waals surface area contributed by atoms with Crippen LogP contribution in [-0.4, -0.2) is 0 Å². The second-order valence-electron chi connectivity index (χ2n) is 5.01. The van der Waals surface area contributed by atoms with Crippen LogP contribution in [0.2, 0.25) is 0 Å². The van der Waals surface area contributed by atoms with Crippen molar-refractivity contribution in [2.75, 3.05) is 0 Å². The van der Waals surface area contributed by atoms with E-state index < -0.39 is 7.92 Å². The fraction of sp³-hybridized carbons (Fsp3) is 0.125. The summed E-state index contributed by atoms with van der Waals surface area (Å²) in [6, 6.07) is 37.6. The van der Waals surface area contributed by atoms with E-state index in [4.69, 9.17) is 15.8 Å². The molecule has 0 N–H and O–H groups in total. The Hall–Kier alpha value is -2.78. The molecule has 150 valence electrons. The van der Waals surface area contributed by atoms with Crippen molar-refractivity contribution >= 4 is 23.8 Å². The van der Waals surface area contributed by atoms with E-state index in [0.717, 1.165) is 0 Å². The van der Waals surface area contributed by atoms with Gasteiger partial charge in [0, 0.05) is 41.2 Å². The van der Waals surface area contributed by atoms with Gasteiger partial charge in [-0.25, -0.2) is 0 Å². The molecule has 0 fully saturated rings. The third kappa shape index (κ3) is 12.3. The van der Waals surface area contributed by atoms with Crippen LogP contribution < -0.4 is 15.9 Å². The molecule has 0 saturated heterocycles. The average molecular weight is 492 g/mol. The summed E-state index contributed by atoms with van der Waals surface area (Å²) in [4.78, 5) is 0. The van der Waals surface area contributed by atoms with Crippen molar-refractivity contribution in [2.24, 2.45) is 0 Å². The van der Waals surface area contributed by atoms with Gasteiger partial charge in [-0.3, -0.25) is 0 Å². The van der Waals surface area contributed by atoms with Gasteiger partial charge in [0.25, 0.3) is 0 Å². The van der Waals surface area contributed by atoms with Crippen LogP contribution in [0.25, 0.3) is 0 Å². The molecule has 0 spiro atoms. The molecule has 0 aromatic heterocycles.